The van der Waals surface area contributed by atoms with Crippen molar-refractivity contribution in [3.05, 3.63) is 66.7 Å². The maximum atomic E-state index is 11.7. The lowest BCUT2D eigenvalue weighted by atomic mass is 9.98. The van der Waals surface area contributed by atoms with Gasteiger partial charge in [0.2, 0.25) is 5.91 Å². The van der Waals surface area contributed by atoms with E-state index < -0.39 is 0 Å². The molecule has 0 aliphatic carbocycles. The number of aromatic nitrogens is 1. The number of benzene rings is 2. The number of anilines is 1. The summed E-state index contributed by atoms with van der Waals surface area (Å²) in [5.41, 5.74) is 3.51. The number of carbonyl (C=O) groups is 1. The molecule has 0 spiro atoms. The third-order valence-corrected chi connectivity index (χ3v) is 4.33. The Bertz CT molecular complexity index is 859. The average molecular weight is 336 g/mol. The van der Waals surface area contributed by atoms with Crippen LogP contribution in [0.15, 0.2) is 66.7 Å². The lowest BCUT2D eigenvalue weighted by Gasteiger charge is -2.17. The summed E-state index contributed by atoms with van der Waals surface area (Å²) in [4.78, 5) is 16.1. The second kappa shape index (κ2) is 7.10. The van der Waals surface area contributed by atoms with Crippen molar-refractivity contribution in [3.8, 4) is 27.4 Å². The first-order valence-electron chi connectivity index (χ1n) is 7.34. The summed E-state index contributed by atoms with van der Waals surface area (Å²) in [6.07, 6.45) is 2.98. The normalized spacial score (nSPS) is 10.2. The van der Waals surface area contributed by atoms with Crippen molar-refractivity contribution in [1.82, 2.24) is 4.98 Å². The van der Waals surface area contributed by atoms with Gasteiger partial charge in [0.1, 0.15) is 5.01 Å². The quantitative estimate of drug-likeness (QED) is 0.692. The van der Waals surface area contributed by atoms with Crippen LogP contribution in [0.25, 0.3) is 21.7 Å². The van der Waals surface area contributed by atoms with Crippen LogP contribution in [0.4, 0.5) is 5.69 Å². The molecule has 0 bridgehead atoms. The Balaban J connectivity index is 2.24. The Morgan fingerprint density at radius 2 is 2.04 bits per heavy atom. The van der Waals surface area contributed by atoms with Gasteiger partial charge in [-0.05, 0) is 23.3 Å². The molecule has 5 heteroatoms. The summed E-state index contributed by atoms with van der Waals surface area (Å²) in [5, 5.41) is 5.54. The molecule has 3 aromatic rings. The number of hydrogen-bond donors (Lipinski definition) is 1. The molecule has 0 fully saturated rings. The predicted octanol–water partition coefficient (Wildman–Crippen LogP) is 4.61. The number of thiazole rings is 1. The standard InChI is InChI=1S/C19H16N2O2S/c1-3-16(22)21-15-10-9-14(13-7-5-4-6-8-13)17(18(15)23-2)19-20-11-12-24-19/h3-12H,1H2,2H3,(H,21,22). The van der Waals surface area contributed by atoms with Gasteiger partial charge in [0.25, 0.3) is 0 Å². The van der Waals surface area contributed by atoms with Crippen molar-refractivity contribution >= 4 is 22.9 Å². The van der Waals surface area contributed by atoms with Gasteiger partial charge in [-0.1, -0.05) is 43.0 Å². The molecule has 120 valence electrons. The van der Waals surface area contributed by atoms with E-state index in [0.717, 1.165) is 21.7 Å². The second-order valence-electron chi connectivity index (χ2n) is 4.97. The van der Waals surface area contributed by atoms with Crippen molar-refractivity contribution in [2.45, 2.75) is 0 Å². The Morgan fingerprint density at radius 3 is 2.67 bits per heavy atom. The van der Waals surface area contributed by atoms with Gasteiger partial charge >= 0.3 is 0 Å². The van der Waals surface area contributed by atoms with E-state index >= 15 is 0 Å². The van der Waals surface area contributed by atoms with Crippen LogP contribution < -0.4 is 10.1 Å². The van der Waals surface area contributed by atoms with Crippen molar-refractivity contribution in [2.24, 2.45) is 0 Å². The first-order valence-corrected chi connectivity index (χ1v) is 8.22. The van der Waals surface area contributed by atoms with Crippen LogP contribution in [0.5, 0.6) is 5.75 Å². The lowest BCUT2D eigenvalue weighted by molar-refractivity contribution is -0.111. The van der Waals surface area contributed by atoms with E-state index in [1.54, 1.807) is 13.3 Å². The topological polar surface area (TPSA) is 51.2 Å². The Labute approximate surface area is 144 Å². The van der Waals surface area contributed by atoms with Crippen LogP contribution in [-0.4, -0.2) is 18.0 Å². The minimum atomic E-state index is -0.286. The first-order chi connectivity index (χ1) is 11.7. The van der Waals surface area contributed by atoms with E-state index in [1.807, 2.05) is 47.8 Å². The Morgan fingerprint density at radius 1 is 1.25 bits per heavy atom. The first kappa shape index (κ1) is 16.0. The van der Waals surface area contributed by atoms with Crippen LogP contribution in [0.1, 0.15) is 0 Å². The third-order valence-electron chi connectivity index (χ3n) is 3.54. The SMILES string of the molecule is C=CC(=O)Nc1ccc(-c2ccccc2)c(-c2nccs2)c1OC. The predicted molar refractivity (Wildman–Crippen MR) is 98.4 cm³/mol. The largest absolute Gasteiger partial charge is 0.494 e. The lowest BCUT2D eigenvalue weighted by Crippen LogP contribution is -2.09. The summed E-state index contributed by atoms with van der Waals surface area (Å²) < 4.78 is 5.63. The Hall–Kier alpha value is -2.92. The fraction of sp³-hybridized carbons (Fsp3) is 0.0526. The molecule has 1 N–H and O–H groups in total. The molecular weight excluding hydrogens is 320 g/mol. The summed E-state index contributed by atoms with van der Waals surface area (Å²) in [5.74, 6) is 0.298. The smallest absolute Gasteiger partial charge is 0.247 e. The number of hydrogen-bond acceptors (Lipinski definition) is 4. The molecule has 24 heavy (non-hydrogen) atoms. The molecule has 1 amide bonds. The molecule has 1 heterocycles. The molecule has 0 atom stereocenters. The second-order valence-corrected chi connectivity index (χ2v) is 5.86. The number of nitrogens with zero attached hydrogens (tertiary/aromatic N) is 1. The fourth-order valence-electron chi connectivity index (χ4n) is 2.49. The highest BCUT2D eigenvalue weighted by Crippen LogP contribution is 2.44. The summed E-state index contributed by atoms with van der Waals surface area (Å²) in [7, 11) is 1.59. The zero-order chi connectivity index (χ0) is 16.9. The molecule has 0 aliphatic heterocycles. The fourth-order valence-corrected chi connectivity index (χ4v) is 3.19. The minimum absolute atomic E-state index is 0.286. The van der Waals surface area contributed by atoms with Gasteiger partial charge in [0, 0.05) is 11.6 Å². The monoisotopic (exact) mass is 336 g/mol. The maximum Gasteiger partial charge on any atom is 0.247 e. The van der Waals surface area contributed by atoms with Gasteiger partial charge in [-0.2, -0.15) is 0 Å². The molecule has 0 unspecified atom stereocenters. The highest BCUT2D eigenvalue weighted by atomic mass is 32.1. The molecule has 0 saturated carbocycles. The van der Waals surface area contributed by atoms with Crippen molar-refractivity contribution < 1.29 is 9.53 Å². The number of ether oxygens (including phenoxy) is 1. The zero-order valence-electron chi connectivity index (χ0n) is 13.2. The maximum absolute atomic E-state index is 11.7. The van der Waals surface area contributed by atoms with E-state index in [9.17, 15) is 4.79 Å². The highest BCUT2D eigenvalue weighted by molar-refractivity contribution is 7.13. The van der Waals surface area contributed by atoms with Gasteiger partial charge in [0.05, 0.1) is 18.4 Å². The van der Waals surface area contributed by atoms with E-state index in [-0.39, 0.29) is 5.91 Å². The molecule has 4 nitrogen and oxygen atoms in total. The van der Waals surface area contributed by atoms with E-state index in [4.69, 9.17) is 4.74 Å². The molecule has 0 radical (unpaired) electrons. The summed E-state index contributed by atoms with van der Waals surface area (Å²) in [6.45, 7) is 3.49. The third kappa shape index (κ3) is 3.07. The number of methoxy groups -OCH3 is 1. The van der Waals surface area contributed by atoms with E-state index in [2.05, 4.69) is 16.9 Å². The van der Waals surface area contributed by atoms with Crippen LogP contribution in [0.2, 0.25) is 0 Å². The number of rotatable bonds is 5. The highest BCUT2D eigenvalue weighted by Gasteiger charge is 2.19. The molecule has 0 saturated heterocycles. The van der Waals surface area contributed by atoms with Crippen LogP contribution >= 0.6 is 11.3 Å². The summed E-state index contributed by atoms with van der Waals surface area (Å²) in [6, 6.07) is 13.8. The summed E-state index contributed by atoms with van der Waals surface area (Å²) >= 11 is 1.52. The molecule has 1 aromatic heterocycles. The van der Waals surface area contributed by atoms with Gasteiger partial charge in [-0.3, -0.25) is 4.79 Å². The molecule has 2 aromatic carbocycles. The number of nitrogens with one attached hydrogen (secondary N) is 1. The zero-order valence-corrected chi connectivity index (χ0v) is 14.0. The minimum Gasteiger partial charge on any atom is -0.494 e. The van der Waals surface area contributed by atoms with E-state index in [0.29, 0.717) is 11.4 Å². The van der Waals surface area contributed by atoms with Crippen LogP contribution in [0, 0.1) is 0 Å². The molecular formula is C19H16N2O2S. The van der Waals surface area contributed by atoms with Gasteiger partial charge in [-0.25, -0.2) is 4.98 Å². The van der Waals surface area contributed by atoms with Crippen molar-refractivity contribution in [3.63, 3.8) is 0 Å². The van der Waals surface area contributed by atoms with Gasteiger partial charge in [-0.15, -0.1) is 11.3 Å². The molecule has 0 aliphatic rings. The number of amides is 1. The average Bonchev–Trinajstić information content (AvgIpc) is 3.16. The van der Waals surface area contributed by atoms with Crippen LogP contribution in [0.3, 0.4) is 0 Å². The van der Waals surface area contributed by atoms with Crippen LogP contribution in [-0.2, 0) is 4.79 Å². The Kier molecular flexibility index (Phi) is 4.72. The number of carbonyl (C=O) groups excluding carboxylic acids is 1. The van der Waals surface area contributed by atoms with Gasteiger partial charge in [0.15, 0.2) is 5.75 Å². The van der Waals surface area contributed by atoms with E-state index in [1.165, 1.54) is 17.4 Å². The van der Waals surface area contributed by atoms with Crippen molar-refractivity contribution in [2.75, 3.05) is 12.4 Å². The van der Waals surface area contributed by atoms with Gasteiger partial charge < -0.3 is 10.1 Å². The molecule has 3 rings (SSSR count). The van der Waals surface area contributed by atoms with Crippen molar-refractivity contribution in [1.29, 1.82) is 0 Å².